The number of hydrogen-bond acceptors (Lipinski definition) is 3. The van der Waals surface area contributed by atoms with Gasteiger partial charge in [-0.2, -0.15) is 0 Å². The Morgan fingerprint density at radius 1 is 1.31 bits per heavy atom. The van der Waals surface area contributed by atoms with Crippen LogP contribution in [0.1, 0.15) is 29.8 Å². The first-order chi connectivity index (χ1) is 7.60. The van der Waals surface area contributed by atoms with Crippen LogP contribution in [0.2, 0.25) is 0 Å². The molecule has 0 heterocycles. The molecule has 0 atom stereocenters. The standard InChI is InChI=1S/C12H14O3S/c1-3-8-7-9(16-4-2)5-6-10(8)11(13)12(14)15/h5-7H,3-4H2,1-2H3,(H,14,15). The van der Waals surface area contributed by atoms with E-state index in [1.54, 1.807) is 23.9 Å². The van der Waals surface area contributed by atoms with Gasteiger partial charge in [-0.15, -0.1) is 11.8 Å². The van der Waals surface area contributed by atoms with E-state index in [1.165, 1.54) is 0 Å². The Bertz CT molecular complexity index is 413. The summed E-state index contributed by atoms with van der Waals surface area (Å²) in [5, 5.41) is 8.67. The SMILES string of the molecule is CCSc1ccc(C(=O)C(=O)O)c(CC)c1. The number of Topliss-reactive ketones (excluding diaryl/α,β-unsaturated/α-hetero) is 1. The summed E-state index contributed by atoms with van der Waals surface area (Å²) < 4.78 is 0. The zero-order valence-electron chi connectivity index (χ0n) is 9.32. The molecule has 0 aromatic heterocycles. The van der Waals surface area contributed by atoms with E-state index in [1.807, 2.05) is 19.9 Å². The van der Waals surface area contributed by atoms with Gasteiger partial charge in [-0.3, -0.25) is 4.79 Å². The van der Waals surface area contributed by atoms with Gasteiger partial charge in [0.15, 0.2) is 0 Å². The van der Waals surface area contributed by atoms with Gasteiger partial charge in [0.25, 0.3) is 5.78 Å². The van der Waals surface area contributed by atoms with Crippen LogP contribution in [-0.4, -0.2) is 22.6 Å². The fraction of sp³-hybridized carbons (Fsp3) is 0.333. The molecule has 0 fully saturated rings. The molecule has 0 saturated carbocycles. The van der Waals surface area contributed by atoms with Gasteiger partial charge in [-0.25, -0.2) is 4.79 Å². The van der Waals surface area contributed by atoms with Crippen molar-refractivity contribution >= 4 is 23.5 Å². The molecule has 0 bridgehead atoms. The highest BCUT2D eigenvalue weighted by Gasteiger charge is 2.17. The average molecular weight is 238 g/mol. The lowest BCUT2D eigenvalue weighted by Crippen LogP contribution is -2.14. The quantitative estimate of drug-likeness (QED) is 0.486. The molecule has 1 aromatic carbocycles. The minimum atomic E-state index is -1.40. The van der Waals surface area contributed by atoms with Crippen molar-refractivity contribution in [1.29, 1.82) is 0 Å². The van der Waals surface area contributed by atoms with E-state index >= 15 is 0 Å². The zero-order valence-corrected chi connectivity index (χ0v) is 10.1. The summed E-state index contributed by atoms with van der Waals surface area (Å²) in [6, 6.07) is 5.29. The van der Waals surface area contributed by atoms with Crippen LogP contribution < -0.4 is 0 Å². The monoisotopic (exact) mass is 238 g/mol. The largest absolute Gasteiger partial charge is 0.475 e. The number of carboxylic acid groups (broad SMARTS) is 1. The highest BCUT2D eigenvalue weighted by molar-refractivity contribution is 7.99. The summed E-state index contributed by atoms with van der Waals surface area (Å²) >= 11 is 1.67. The Labute approximate surface area is 98.9 Å². The van der Waals surface area contributed by atoms with Crippen LogP contribution in [-0.2, 0) is 11.2 Å². The molecule has 0 spiro atoms. The van der Waals surface area contributed by atoms with E-state index in [4.69, 9.17) is 5.11 Å². The number of carbonyl (C=O) groups excluding carboxylic acids is 1. The molecule has 0 radical (unpaired) electrons. The van der Waals surface area contributed by atoms with Crippen LogP contribution in [0.3, 0.4) is 0 Å². The number of thioether (sulfide) groups is 1. The smallest absolute Gasteiger partial charge is 0.377 e. The summed E-state index contributed by atoms with van der Waals surface area (Å²) in [6.07, 6.45) is 0.659. The third-order valence-corrected chi connectivity index (χ3v) is 3.08. The number of hydrogen-bond donors (Lipinski definition) is 1. The van der Waals surface area contributed by atoms with Gasteiger partial charge >= 0.3 is 5.97 Å². The minimum Gasteiger partial charge on any atom is -0.475 e. The maximum absolute atomic E-state index is 11.4. The van der Waals surface area contributed by atoms with Crippen molar-refractivity contribution < 1.29 is 14.7 Å². The van der Waals surface area contributed by atoms with E-state index in [0.29, 0.717) is 12.0 Å². The van der Waals surface area contributed by atoms with Crippen LogP contribution in [0.4, 0.5) is 0 Å². The maximum atomic E-state index is 11.4. The van der Waals surface area contributed by atoms with Crippen molar-refractivity contribution in [2.24, 2.45) is 0 Å². The second kappa shape index (κ2) is 5.70. The third-order valence-electron chi connectivity index (χ3n) is 2.21. The number of aryl methyl sites for hydroxylation is 1. The molecule has 1 N–H and O–H groups in total. The summed E-state index contributed by atoms with van der Waals surface area (Å²) in [7, 11) is 0. The second-order valence-corrected chi connectivity index (χ2v) is 4.58. The minimum absolute atomic E-state index is 0.301. The summed E-state index contributed by atoms with van der Waals surface area (Å²) in [5.74, 6) is -1.27. The highest BCUT2D eigenvalue weighted by Crippen LogP contribution is 2.22. The van der Waals surface area contributed by atoms with Crippen molar-refractivity contribution in [3.05, 3.63) is 29.3 Å². The van der Waals surface area contributed by atoms with Crippen molar-refractivity contribution in [3.63, 3.8) is 0 Å². The van der Waals surface area contributed by atoms with Crippen molar-refractivity contribution in [1.82, 2.24) is 0 Å². The predicted octanol–water partition coefficient (Wildman–Crippen LogP) is 2.63. The van der Waals surface area contributed by atoms with E-state index in [2.05, 4.69) is 0 Å². The first-order valence-corrected chi connectivity index (χ1v) is 6.12. The average Bonchev–Trinajstić information content (AvgIpc) is 2.28. The van der Waals surface area contributed by atoms with E-state index in [0.717, 1.165) is 16.2 Å². The summed E-state index contributed by atoms with van der Waals surface area (Å²) in [6.45, 7) is 3.96. The fourth-order valence-corrected chi connectivity index (χ4v) is 2.18. The van der Waals surface area contributed by atoms with Gasteiger partial charge in [0, 0.05) is 10.5 Å². The lowest BCUT2D eigenvalue weighted by molar-refractivity contribution is -0.131. The van der Waals surface area contributed by atoms with Crippen molar-refractivity contribution in [2.75, 3.05) is 5.75 Å². The molecule has 16 heavy (non-hydrogen) atoms. The molecular weight excluding hydrogens is 224 g/mol. The van der Waals surface area contributed by atoms with Crippen LogP contribution in [0.25, 0.3) is 0 Å². The Hall–Kier alpha value is -1.29. The first kappa shape index (κ1) is 12.8. The molecular formula is C12H14O3S. The van der Waals surface area contributed by atoms with Gasteiger partial charge in [-0.05, 0) is 35.9 Å². The molecule has 1 aromatic rings. The van der Waals surface area contributed by atoms with Gasteiger partial charge in [0.05, 0.1) is 0 Å². The number of carboxylic acids is 1. The summed E-state index contributed by atoms with van der Waals surface area (Å²) in [4.78, 5) is 23.1. The highest BCUT2D eigenvalue weighted by atomic mass is 32.2. The molecule has 0 aliphatic heterocycles. The molecule has 0 amide bonds. The van der Waals surface area contributed by atoms with Crippen LogP contribution >= 0.6 is 11.8 Å². The molecule has 0 aliphatic carbocycles. The molecule has 3 nitrogen and oxygen atoms in total. The van der Waals surface area contributed by atoms with E-state index < -0.39 is 11.8 Å². The van der Waals surface area contributed by atoms with E-state index in [-0.39, 0.29) is 0 Å². The maximum Gasteiger partial charge on any atom is 0.377 e. The first-order valence-electron chi connectivity index (χ1n) is 5.13. The van der Waals surface area contributed by atoms with Crippen LogP contribution in [0.5, 0.6) is 0 Å². The Morgan fingerprint density at radius 2 is 2.00 bits per heavy atom. The van der Waals surface area contributed by atoms with Gasteiger partial charge in [0.2, 0.25) is 0 Å². The van der Waals surface area contributed by atoms with E-state index in [9.17, 15) is 9.59 Å². The normalized spacial score (nSPS) is 10.1. The van der Waals surface area contributed by atoms with Crippen LogP contribution in [0, 0.1) is 0 Å². The molecule has 0 saturated heterocycles. The fourth-order valence-electron chi connectivity index (χ4n) is 1.46. The number of ketones is 1. The number of rotatable bonds is 5. The topological polar surface area (TPSA) is 54.4 Å². The lowest BCUT2D eigenvalue weighted by atomic mass is 10.0. The van der Waals surface area contributed by atoms with Crippen molar-refractivity contribution in [3.8, 4) is 0 Å². The molecule has 0 unspecified atom stereocenters. The predicted molar refractivity (Wildman–Crippen MR) is 64.2 cm³/mol. The van der Waals surface area contributed by atoms with Gasteiger partial charge in [0.1, 0.15) is 0 Å². The molecule has 4 heteroatoms. The number of benzene rings is 1. The van der Waals surface area contributed by atoms with Crippen LogP contribution in [0.15, 0.2) is 23.1 Å². The van der Waals surface area contributed by atoms with Crippen molar-refractivity contribution in [2.45, 2.75) is 25.2 Å². The number of aliphatic carboxylic acids is 1. The molecule has 0 aliphatic rings. The zero-order chi connectivity index (χ0) is 12.1. The Kier molecular flexibility index (Phi) is 4.55. The number of carbonyl (C=O) groups is 2. The lowest BCUT2D eigenvalue weighted by Gasteiger charge is -2.07. The summed E-state index contributed by atoms with van der Waals surface area (Å²) in [5.41, 5.74) is 1.10. The molecule has 1 rings (SSSR count). The molecule has 86 valence electrons. The Morgan fingerprint density at radius 3 is 2.50 bits per heavy atom. The van der Waals surface area contributed by atoms with Gasteiger partial charge < -0.3 is 5.11 Å². The van der Waals surface area contributed by atoms with Gasteiger partial charge in [-0.1, -0.05) is 13.8 Å². The second-order valence-electron chi connectivity index (χ2n) is 3.24. The third kappa shape index (κ3) is 2.85. The Balaban J connectivity index is 3.11.